The smallest absolute Gasteiger partial charge is 0.313 e. The van der Waals surface area contributed by atoms with Gasteiger partial charge in [-0.15, -0.1) is 0 Å². The molecule has 0 heterocycles. The van der Waals surface area contributed by atoms with E-state index in [-0.39, 0.29) is 5.75 Å². The largest absolute Gasteiger partial charge is 0.507 e. The van der Waals surface area contributed by atoms with Crippen LogP contribution in [0.4, 0.5) is 0 Å². The van der Waals surface area contributed by atoms with Crippen molar-refractivity contribution in [2.75, 3.05) is 0 Å². The van der Waals surface area contributed by atoms with Gasteiger partial charge >= 0.3 is 5.97 Å². The monoisotopic (exact) mass is 232 g/mol. The maximum Gasteiger partial charge on any atom is 0.313 e. The molecule has 2 rings (SSSR count). The number of benzene rings is 1. The fourth-order valence-electron chi connectivity index (χ4n) is 2.26. The first-order valence-electron chi connectivity index (χ1n) is 5.70. The van der Waals surface area contributed by atoms with Gasteiger partial charge in [-0.1, -0.05) is 18.2 Å². The summed E-state index contributed by atoms with van der Waals surface area (Å²) < 4.78 is 0. The van der Waals surface area contributed by atoms with Crippen LogP contribution in [0.3, 0.4) is 0 Å². The SMILES string of the molecule is CC(C)(C(=O)O)C1=CCCc2cccc(O)c21. The van der Waals surface area contributed by atoms with E-state index in [9.17, 15) is 15.0 Å². The number of hydrogen-bond acceptors (Lipinski definition) is 2. The molecule has 1 aliphatic rings. The van der Waals surface area contributed by atoms with Crippen LogP contribution in [0.5, 0.6) is 5.75 Å². The molecule has 3 nitrogen and oxygen atoms in total. The molecule has 1 aromatic carbocycles. The molecule has 0 amide bonds. The van der Waals surface area contributed by atoms with Crippen molar-refractivity contribution in [2.24, 2.45) is 5.41 Å². The highest BCUT2D eigenvalue weighted by Gasteiger charge is 2.35. The highest BCUT2D eigenvalue weighted by Crippen LogP contribution is 2.43. The Labute approximate surface area is 100 Å². The number of phenols is 1. The minimum atomic E-state index is -0.978. The van der Waals surface area contributed by atoms with Crippen molar-refractivity contribution < 1.29 is 15.0 Å². The van der Waals surface area contributed by atoms with Crippen LogP contribution in [-0.2, 0) is 11.2 Å². The Balaban J connectivity index is 2.60. The zero-order valence-corrected chi connectivity index (χ0v) is 10.0. The summed E-state index contributed by atoms with van der Waals surface area (Å²) in [4.78, 5) is 11.3. The van der Waals surface area contributed by atoms with Crippen molar-refractivity contribution in [3.8, 4) is 5.75 Å². The Bertz CT molecular complexity index is 498. The second-order valence-corrected chi connectivity index (χ2v) is 4.90. The van der Waals surface area contributed by atoms with Gasteiger partial charge in [0.1, 0.15) is 5.75 Å². The van der Waals surface area contributed by atoms with Crippen LogP contribution >= 0.6 is 0 Å². The molecule has 0 atom stereocenters. The molecule has 0 spiro atoms. The number of aryl methyl sites for hydroxylation is 1. The molecule has 0 saturated heterocycles. The fraction of sp³-hybridized carbons (Fsp3) is 0.357. The first kappa shape index (κ1) is 11.7. The molecule has 3 heteroatoms. The molecule has 1 aromatic rings. The number of phenolic OH excluding ortho intramolecular Hbond substituents is 1. The molecule has 0 aromatic heterocycles. The Kier molecular flexibility index (Phi) is 2.69. The average molecular weight is 232 g/mol. The maximum atomic E-state index is 11.3. The van der Waals surface area contributed by atoms with E-state index in [2.05, 4.69) is 0 Å². The van der Waals surface area contributed by atoms with Crippen molar-refractivity contribution in [3.05, 3.63) is 35.4 Å². The van der Waals surface area contributed by atoms with Gasteiger partial charge in [-0.05, 0) is 43.9 Å². The summed E-state index contributed by atoms with van der Waals surface area (Å²) in [5.74, 6) is -0.706. The van der Waals surface area contributed by atoms with E-state index >= 15 is 0 Å². The van der Waals surface area contributed by atoms with Crippen LogP contribution in [0.25, 0.3) is 5.57 Å². The molecule has 0 bridgehead atoms. The van der Waals surface area contributed by atoms with Gasteiger partial charge in [-0.25, -0.2) is 0 Å². The topological polar surface area (TPSA) is 57.5 Å². The van der Waals surface area contributed by atoms with Crippen molar-refractivity contribution >= 4 is 11.5 Å². The van der Waals surface area contributed by atoms with Crippen LogP contribution in [0.2, 0.25) is 0 Å². The van der Waals surface area contributed by atoms with E-state index in [1.165, 1.54) is 0 Å². The zero-order valence-electron chi connectivity index (χ0n) is 10.0. The molecule has 90 valence electrons. The highest BCUT2D eigenvalue weighted by molar-refractivity contribution is 5.93. The molecule has 0 fully saturated rings. The van der Waals surface area contributed by atoms with Gasteiger partial charge in [0, 0.05) is 5.56 Å². The average Bonchev–Trinajstić information content (AvgIpc) is 2.28. The van der Waals surface area contributed by atoms with Crippen molar-refractivity contribution in [2.45, 2.75) is 26.7 Å². The molecule has 1 aliphatic carbocycles. The lowest BCUT2D eigenvalue weighted by Crippen LogP contribution is -2.26. The number of fused-ring (bicyclic) bond motifs is 1. The van der Waals surface area contributed by atoms with Gasteiger partial charge in [0.25, 0.3) is 0 Å². The molecular weight excluding hydrogens is 216 g/mol. The van der Waals surface area contributed by atoms with E-state index < -0.39 is 11.4 Å². The number of rotatable bonds is 2. The van der Waals surface area contributed by atoms with Gasteiger partial charge in [0.2, 0.25) is 0 Å². The summed E-state index contributed by atoms with van der Waals surface area (Å²) in [5, 5.41) is 19.2. The van der Waals surface area contributed by atoms with E-state index in [1.54, 1.807) is 26.0 Å². The summed E-state index contributed by atoms with van der Waals surface area (Å²) in [7, 11) is 0. The fourth-order valence-corrected chi connectivity index (χ4v) is 2.26. The summed E-state index contributed by atoms with van der Waals surface area (Å²) in [6.45, 7) is 3.34. The Morgan fingerprint density at radius 3 is 2.71 bits per heavy atom. The van der Waals surface area contributed by atoms with E-state index in [0.717, 1.165) is 18.4 Å². The van der Waals surface area contributed by atoms with Gasteiger partial charge in [-0.2, -0.15) is 0 Å². The second kappa shape index (κ2) is 3.91. The lowest BCUT2D eigenvalue weighted by Gasteiger charge is -2.28. The molecule has 0 saturated carbocycles. The van der Waals surface area contributed by atoms with Crippen LogP contribution in [-0.4, -0.2) is 16.2 Å². The second-order valence-electron chi connectivity index (χ2n) is 4.90. The molecular formula is C14H16O3. The lowest BCUT2D eigenvalue weighted by molar-refractivity contribution is -0.143. The van der Waals surface area contributed by atoms with Crippen LogP contribution in [0.1, 0.15) is 31.4 Å². The summed E-state index contributed by atoms with van der Waals surface area (Å²) in [5.41, 5.74) is 1.46. The predicted octanol–water partition coefficient (Wildman–Crippen LogP) is 2.83. The number of carboxylic acid groups (broad SMARTS) is 1. The number of carbonyl (C=O) groups is 1. The third-order valence-corrected chi connectivity index (χ3v) is 3.37. The number of carboxylic acids is 1. The van der Waals surface area contributed by atoms with Crippen molar-refractivity contribution in [1.29, 1.82) is 0 Å². The van der Waals surface area contributed by atoms with Crippen molar-refractivity contribution in [3.63, 3.8) is 0 Å². The zero-order chi connectivity index (χ0) is 12.6. The van der Waals surface area contributed by atoms with Crippen molar-refractivity contribution in [1.82, 2.24) is 0 Å². The molecule has 17 heavy (non-hydrogen) atoms. The maximum absolute atomic E-state index is 11.3. The molecule has 2 N–H and O–H groups in total. The molecule has 0 aliphatic heterocycles. The quantitative estimate of drug-likeness (QED) is 0.824. The Hall–Kier alpha value is -1.77. The van der Waals surface area contributed by atoms with E-state index in [0.29, 0.717) is 11.1 Å². The Morgan fingerprint density at radius 1 is 1.35 bits per heavy atom. The van der Waals surface area contributed by atoms with Gasteiger partial charge < -0.3 is 10.2 Å². The standard InChI is InChI=1S/C14H16O3/c1-14(2,13(16)17)10-7-3-5-9-6-4-8-11(15)12(9)10/h4,6-8,15H,3,5H2,1-2H3,(H,16,17). The van der Waals surface area contributed by atoms with Gasteiger partial charge in [0.05, 0.1) is 5.41 Å². The normalized spacial score (nSPS) is 15.1. The lowest BCUT2D eigenvalue weighted by atomic mass is 9.75. The van der Waals surface area contributed by atoms with Crippen LogP contribution in [0, 0.1) is 5.41 Å². The first-order valence-corrected chi connectivity index (χ1v) is 5.70. The van der Waals surface area contributed by atoms with Crippen LogP contribution in [0.15, 0.2) is 24.3 Å². The number of aromatic hydroxyl groups is 1. The third kappa shape index (κ3) is 1.82. The van der Waals surface area contributed by atoms with Gasteiger partial charge in [0.15, 0.2) is 0 Å². The summed E-state index contributed by atoms with van der Waals surface area (Å²) in [6, 6.07) is 5.35. The minimum absolute atomic E-state index is 0.169. The first-order chi connectivity index (χ1) is 7.94. The minimum Gasteiger partial charge on any atom is -0.507 e. The van der Waals surface area contributed by atoms with E-state index in [1.807, 2.05) is 12.1 Å². The predicted molar refractivity (Wildman–Crippen MR) is 65.8 cm³/mol. The third-order valence-electron chi connectivity index (χ3n) is 3.37. The number of allylic oxidation sites excluding steroid dienone is 1. The Morgan fingerprint density at radius 2 is 2.06 bits per heavy atom. The van der Waals surface area contributed by atoms with Gasteiger partial charge in [-0.3, -0.25) is 4.79 Å². The van der Waals surface area contributed by atoms with E-state index in [4.69, 9.17) is 0 Å². The highest BCUT2D eigenvalue weighted by atomic mass is 16.4. The number of hydrogen-bond donors (Lipinski definition) is 2. The van der Waals surface area contributed by atoms with Crippen LogP contribution < -0.4 is 0 Å². The molecule has 0 radical (unpaired) electrons. The summed E-state index contributed by atoms with van der Waals surface area (Å²) >= 11 is 0. The number of aliphatic carboxylic acids is 1. The molecule has 0 unspecified atom stereocenters. The summed E-state index contributed by atoms with van der Waals surface area (Å²) in [6.07, 6.45) is 3.60.